The van der Waals surface area contributed by atoms with Crippen molar-refractivity contribution in [2.45, 2.75) is 43.8 Å². The van der Waals surface area contributed by atoms with Crippen LogP contribution in [0.1, 0.15) is 31.2 Å². The van der Waals surface area contributed by atoms with Crippen LogP contribution in [-0.4, -0.2) is 35.0 Å². The third-order valence-corrected chi connectivity index (χ3v) is 4.02. The van der Waals surface area contributed by atoms with Crippen LogP contribution in [0.4, 0.5) is 8.78 Å². The zero-order valence-corrected chi connectivity index (χ0v) is 12.6. The fourth-order valence-electron chi connectivity index (χ4n) is 2.32. The van der Waals surface area contributed by atoms with Gasteiger partial charge in [0.15, 0.2) is 0 Å². The van der Waals surface area contributed by atoms with E-state index >= 15 is 0 Å². The molecule has 0 bridgehead atoms. The second kappa shape index (κ2) is 7.04. The summed E-state index contributed by atoms with van der Waals surface area (Å²) in [5.41, 5.74) is -1.32. The molecule has 0 spiro atoms. The highest BCUT2D eigenvalue weighted by Crippen LogP contribution is 2.44. The average Bonchev–Trinajstić information content (AvgIpc) is 2.51. The lowest BCUT2D eigenvalue weighted by atomic mass is 9.75. The van der Waals surface area contributed by atoms with Crippen molar-refractivity contribution in [1.82, 2.24) is 10.6 Å². The maximum Gasteiger partial charge on any atom is 0.352 e. The third-order valence-electron chi connectivity index (χ3n) is 4.02. The van der Waals surface area contributed by atoms with Crippen molar-refractivity contribution < 1.29 is 23.5 Å². The van der Waals surface area contributed by atoms with Crippen molar-refractivity contribution in [3.8, 4) is 0 Å². The fourth-order valence-corrected chi connectivity index (χ4v) is 2.32. The lowest BCUT2D eigenvalue weighted by Gasteiger charge is -2.41. The molecule has 0 atom stereocenters. The summed E-state index contributed by atoms with van der Waals surface area (Å²) in [5.74, 6) is -5.71. The molecular formula is C16H20F2N2O3. The number of alkyl halides is 2. The summed E-state index contributed by atoms with van der Waals surface area (Å²) in [6.45, 7) is 0.134. The Morgan fingerprint density at radius 3 is 2.39 bits per heavy atom. The van der Waals surface area contributed by atoms with E-state index < -0.39 is 17.4 Å². The molecule has 0 heterocycles. The Balaban J connectivity index is 1.70. The molecule has 0 radical (unpaired) electrons. The second-order valence-corrected chi connectivity index (χ2v) is 5.73. The number of hydrogen-bond acceptors (Lipinski definition) is 3. The number of carbonyl (C=O) groups is 2. The van der Waals surface area contributed by atoms with Gasteiger partial charge in [-0.1, -0.05) is 30.3 Å². The normalized spacial score (nSPS) is 16.3. The molecule has 5 nitrogen and oxygen atoms in total. The van der Waals surface area contributed by atoms with Crippen molar-refractivity contribution >= 4 is 11.8 Å². The Morgan fingerprint density at radius 2 is 1.83 bits per heavy atom. The van der Waals surface area contributed by atoms with Gasteiger partial charge >= 0.3 is 5.92 Å². The molecule has 0 aliphatic heterocycles. The third kappa shape index (κ3) is 4.04. The summed E-state index contributed by atoms with van der Waals surface area (Å²) in [4.78, 5) is 23.1. The molecule has 1 aliphatic rings. The standard InChI is InChI=1S/C16H20F2N2O3/c17-16(18,15(23)8-4-9-15)14(22)19-10-7-13(21)20-11-12-5-2-1-3-6-12/h1-3,5-6,23H,4,7-11H2,(H,19,22)(H,20,21). The van der Waals surface area contributed by atoms with Crippen LogP contribution in [0, 0.1) is 0 Å². The largest absolute Gasteiger partial charge is 0.383 e. The molecule has 1 aromatic carbocycles. The van der Waals surface area contributed by atoms with Crippen LogP contribution in [0.15, 0.2) is 30.3 Å². The first-order valence-corrected chi connectivity index (χ1v) is 7.54. The molecule has 2 amide bonds. The Morgan fingerprint density at radius 1 is 1.17 bits per heavy atom. The lowest BCUT2D eigenvalue weighted by Crippen LogP contribution is -2.60. The summed E-state index contributed by atoms with van der Waals surface area (Å²) in [6, 6.07) is 9.24. The van der Waals surface area contributed by atoms with Crippen LogP contribution in [0.5, 0.6) is 0 Å². The van der Waals surface area contributed by atoms with Crippen molar-refractivity contribution in [2.24, 2.45) is 0 Å². The number of benzene rings is 1. The van der Waals surface area contributed by atoms with E-state index in [9.17, 15) is 23.5 Å². The van der Waals surface area contributed by atoms with Gasteiger partial charge in [0.1, 0.15) is 5.60 Å². The van der Waals surface area contributed by atoms with E-state index in [1.54, 1.807) is 0 Å². The van der Waals surface area contributed by atoms with Gasteiger partial charge in [-0.15, -0.1) is 0 Å². The summed E-state index contributed by atoms with van der Waals surface area (Å²) in [6.07, 6.45) is 0.185. The Bertz CT molecular complexity index is 560. The highest BCUT2D eigenvalue weighted by Gasteiger charge is 2.60. The van der Waals surface area contributed by atoms with Crippen molar-refractivity contribution in [1.29, 1.82) is 0 Å². The highest BCUT2D eigenvalue weighted by atomic mass is 19.3. The van der Waals surface area contributed by atoms with Crippen molar-refractivity contribution in [3.63, 3.8) is 0 Å². The monoisotopic (exact) mass is 326 g/mol. The summed E-state index contributed by atoms with van der Waals surface area (Å²) in [5, 5.41) is 14.3. The first-order chi connectivity index (χ1) is 10.8. The quantitative estimate of drug-likeness (QED) is 0.708. The molecule has 7 heteroatoms. The number of amides is 2. The predicted molar refractivity (Wildman–Crippen MR) is 79.7 cm³/mol. The minimum absolute atomic E-state index is 0.0923. The van der Waals surface area contributed by atoms with Gasteiger partial charge in [-0.2, -0.15) is 8.78 Å². The summed E-state index contributed by atoms with van der Waals surface area (Å²) >= 11 is 0. The average molecular weight is 326 g/mol. The SMILES string of the molecule is O=C(CCNC(=O)C(F)(F)C1(O)CCC1)NCc1ccccc1. The van der Waals surface area contributed by atoms with E-state index in [0.717, 1.165) is 5.56 Å². The van der Waals surface area contributed by atoms with Gasteiger partial charge in [0.05, 0.1) is 0 Å². The van der Waals surface area contributed by atoms with E-state index in [2.05, 4.69) is 5.32 Å². The van der Waals surface area contributed by atoms with Crippen LogP contribution in [-0.2, 0) is 16.1 Å². The number of aliphatic hydroxyl groups is 1. The van der Waals surface area contributed by atoms with E-state index in [1.807, 2.05) is 35.6 Å². The molecule has 23 heavy (non-hydrogen) atoms. The number of carbonyl (C=O) groups excluding carboxylic acids is 2. The molecule has 1 aliphatic carbocycles. The Labute approximate surface area is 133 Å². The summed E-state index contributed by atoms with van der Waals surface area (Å²) < 4.78 is 27.6. The van der Waals surface area contributed by atoms with E-state index in [4.69, 9.17) is 0 Å². The van der Waals surface area contributed by atoms with E-state index in [0.29, 0.717) is 13.0 Å². The highest BCUT2D eigenvalue weighted by molar-refractivity contribution is 5.85. The minimum Gasteiger partial charge on any atom is -0.383 e. The number of hydrogen-bond donors (Lipinski definition) is 3. The predicted octanol–water partition coefficient (Wildman–Crippen LogP) is 1.36. The number of nitrogens with one attached hydrogen (secondary N) is 2. The molecule has 2 rings (SSSR count). The second-order valence-electron chi connectivity index (χ2n) is 5.73. The van der Waals surface area contributed by atoms with Crippen LogP contribution in [0.25, 0.3) is 0 Å². The summed E-state index contributed by atoms with van der Waals surface area (Å²) in [7, 11) is 0. The van der Waals surface area contributed by atoms with Gasteiger partial charge < -0.3 is 15.7 Å². The van der Waals surface area contributed by atoms with Gasteiger partial charge in [0.25, 0.3) is 5.91 Å². The molecule has 0 aromatic heterocycles. The van der Waals surface area contributed by atoms with Gasteiger partial charge in [-0.3, -0.25) is 9.59 Å². The molecule has 126 valence electrons. The molecule has 3 N–H and O–H groups in total. The number of rotatable bonds is 7. The molecule has 1 fully saturated rings. The van der Waals surface area contributed by atoms with Crippen LogP contribution in [0.2, 0.25) is 0 Å². The molecular weight excluding hydrogens is 306 g/mol. The number of halogens is 2. The maximum atomic E-state index is 13.8. The molecule has 0 unspecified atom stereocenters. The Hall–Kier alpha value is -2.02. The van der Waals surface area contributed by atoms with Crippen LogP contribution < -0.4 is 10.6 Å². The van der Waals surface area contributed by atoms with Gasteiger partial charge in [-0.05, 0) is 24.8 Å². The zero-order chi connectivity index (χ0) is 16.9. The molecule has 1 aromatic rings. The fraction of sp³-hybridized carbons (Fsp3) is 0.500. The van der Waals surface area contributed by atoms with Crippen molar-refractivity contribution in [2.75, 3.05) is 6.54 Å². The molecule has 0 saturated heterocycles. The zero-order valence-electron chi connectivity index (χ0n) is 12.6. The van der Waals surface area contributed by atoms with E-state index in [1.165, 1.54) is 0 Å². The first-order valence-electron chi connectivity index (χ1n) is 7.54. The van der Waals surface area contributed by atoms with Gasteiger partial charge in [0.2, 0.25) is 5.91 Å². The van der Waals surface area contributed by atoms with Gasteiger partial charge in [-0.25, -0.2) is 0 Å². The van der Waals surface area contributed by atoms with Gasteiger partial charge in [0, 0.05) is 19.5 Å². The van der Waals surface area contributed by atoms with Crippen LogP contribution in [0.3, 0.4) is 0 Å². The maximum absolute atomic E-state index is 13.8. The van der Waals surface area contributed by atoms with Crippen LogP contribution >= 0.6 is 0 Å². The van der Waals surface area contributed by atoms with E-state index in [-0.39, 0.29) is 31.7 Å². The molecule has 1 saturated carbocycles. The minimum atomic E-state index is -3.83. The smallest absolute Gasteiger partial charge is 0.352 e. The lowest BCUT2D eigenvalue weighted by molar-refractivity contribution is -0.215. The van der Waals surface area contributed by atoms with Crippen molar-refractivity contribution in [3.05, 3.63) is 35.9 Å². The Kier molecular flexibility index (Phi) is 5.30. The topological polar surface area (TPSA) is 78.4 Å². The first kappa shape index (κ1) is 17.3.